The molecule has 2 atom stereocenters. The summed E-state index contributed by atoms with van der Waals surface area (Å²) >= 11 is 0. The van der Waals surface area contributed by atoms with E-state index in [0.29, 0.717) is 12.5 Å². The number of rotatable bonds is 3. The van der Waals surface area contributed by atoms with Gasteiger partial charge in [-0.3, -0.25) is 9.59 Å². The average Bonchev–Trinajstić information content (AvgIpc) is 3.17. The molecule has 1 N–H and O–H groups in total. The van der Waals surface area contributed by atoms with Crippen LogP contribution in [-0.4, -0.2) is 40.0 Å². The first-order valence-corrected chi connectivity index (χ1v) is 6.70. The molecular formula is C14H15FN2O3. The maximum atomic E-state index is 12.8. The van der Waals surface area contributed by atoms with Crippen LogP contribution < -0.4 is 0 Å². The van der Waals surface area contributed by atoms with Crippen molar-refractivity contribution in [3.8, 4) is 0 Å². The van der Waals surface area contributed by atoms with Crippen LogP contribution in [0.3, 0.4) is 0 Å². The number of carboxylic acid groups (broad SMARTS) is 1. The van der Waals surface area contributed by atoms with Crippen molar-refractivity contribution in [3.63, 3.8) is 0 Å². The van der Waals surface area contributed by atoms with Crippen LogP contribution in [0.4, 0.5) is 4.39 Å². The van der Waals surface area contributed by atoms with Crippen LogP contribution in [0, 0.1) is 23.6 Å². The van der Waals surface area contributed by atoms with Gasteiger partial charge in [-0.05, 0) is 36.8 Å². The van der Waals surface area contributed by atoms with Gasteiger partial charge in [0.15, 0.2) is 0 Å². The third-order valence-electron chi connectivity index (χ3n) is 4.14. The molecule has 1 aliphatic carbocycles. The van der Waals surface area contributed by atoms with Crippen LogP contribution in [0.5, 0.6) is 0 Å². The first-order valence-electron chi connectivity index (χ1n) is 6.70. The molecule has 6 heteroatoms. The van der Waals surface area contributed by atoms with Crippen molar-refractivity contribution in [2.75, 3.05) is 13.1 Å². The van der Waals surface area contributed by atoms with Gasteiger partial charge in [0.1, 0.15) is 11.5 Å². The summed E-state index contributed by atoms with van der Waals surface area (Å²) in [6, 6.07) is 2.52. The standard InChI is InChI=1S/C14H15FN2O3/c15-9-3-4-12(16-5-9)13(18)17-6-10(8-1-2-8)11(7-17)14(19)20/h3-5,8,10-11H,1-2,6-7H2,(H,19,20)/t10-,11+/m1/s1. The summed E-state index contributed by atoms with van der Waals surface area (Å²) in [7, 11) is 0. The Bertz CT molecular complexity index is 542. The van der Waals surface area contributed by atoms with Gasteiger partial charge in [-0.25, -0.2) is 9.37 Å². The molecule has 1 amide bonds. The topological polar surface area (TPSA) is 70.5 Å². The van der Waals surface area contributed by atoms with Crippen LogP contribution in [0.25, 0.3) is 0 Å². The molecule has 3 rings (SSSR count). The van der Waals surface area contributed by atoms with E-state index in [9.17, 15) is 19.1 Å². The lowest BCUT2D eigenvalue weighted by Gasteiger charge is -2.15. The van der Waals surface area contributed by atoms with Gasteiger partial charge in [-0.2, -0.15) is 0 Å². The van der Waals surface area contributed by atoms with E-state index in [2.05, 4.69) is 4.98 Å². The molecule has 2 fully saturated rings. The first kappa shape index (κ1) is 13.0. The number of likely N-dealkylation sites (tertiary alicyclic amines) is 1. The van der Waals surface area contributed by atoms with E-state index in [-0.39, 0.29) is 24.1 Å². The van der Waals surface area contributed by atoms with E-state index in [0.717, 1.165) is 19.0 Å². The summed E-state index contributed by atoms with van der Waals surface area (Å²) < 4.78 is 12.8. The van der Waals surface area contributed by atoms with Gasteiger partial charge in [0.25, 0.3) is 5.91 Å². The molecule has 2 heterocycles. The number of aliphatic carboxylic acids is 1. The SMILES string of the molecule is O=C(O)[C@H]1CN(C(=O)c2ccc(F)cn2)C[C@@H]1C1CC1. The van der Waals surface area contributed by atoms with Crippen LogP contribution in [-0.2, 0) is 4.79 Å². The maximum absolute atomic E-state index is 12.8. The van der Waals surface area contributed by atoms with Gasteiger partial charge in [0.2, 0.25) is 0 Å². The summed E-state index contributed by atoms with van der Waals surface area (Å²) in [5.41, 5.74) is 0.159. The summed E-state index contributed by atoms with van der Waals surface area (Å²) in [6.45, 7) is 0.675. The highest BCUT2D eigenvalue weighted by Crippen LogP contribution is 2.44. The minimum atomic E-state index is -0.843. The van der Waals surface area contributed by atoms with E-state index in [1.54, 1.807) is 0 Å². The van der Waals surface area contributed by atoms with Gasteiger partial charge >= 0.3 is 5.97 Å². The van der Waals surface area contributed by atoms with Crippen molar-refractivity contribution in [2.24, 2.45) is 17.8 Å². The number of halogens is 1. The fourth-order valence-corrected chi connectivity index (χ4v) is 2.92. The molecule has 1 aromatic rings. The van der Waals surface area contributed by atoms with Crippen LogP contribution in [0.15, 0.2) is 18.3 Å². The molecule has 1 saturated heterocycles. The summed E-state index contributed by atoms with van der Waals surface area (Å²) in [5.74, 6) is -1.69. The third-order valence-corrected chi connectivity index (χ3v) is 4.14. The normalized spacial score (nSPS) is 25.8. The van der Waals surface area contributed by atoms with Crippen molar-refractivity contribution < 1.29 is 19.1 Å². The minimum absolute atomic E-state index is 0.0388. The number of carboxylic acids is 1. The van der Waals surface area contributed by atoms with E-state index in [4.69, 9.17) is 0 Å². The number of hydrogen-bond donors (Lipinski definition) is 1. The van der Waals surface area contributed by atoms with Crippen LogP contribution >= 0.6 is 0 Å². The zero-order valence-electron chi connectivity index (χ0n) is 10.8. The van der Waals surface area contributed by atoms with E-state index in [1.807, 2.05) is 0 Å². The maximum Gasteiger partial charge on any atom is 0.308 e. The predicted octanol–water partition coefficient (Wildman–Crippen LogP) is 1.40. The molecule has 0 unspecified atom stereocenters. The second-order valence-corrected chi connectivity index (χ2v) is 5.52. The van der Waals surface area contributed by atoms with Crippen molar-refractivity contribution >= 4 is 11.9 Å². The molecule has 0 spiro atoms. The lowest BCUT2D eigenvalue weighted by atomic mass is 9.92. The third kappa shape index (κ3) is 2.37. The molecule has 1 aromatic heterocycles. The molecule has 106 valence electrons. The number of nitrogens with zero attached hydrogens (tertiary/aromatic N) is 2. The Morgan fingerprint density at radius 1 is 1.30 bits per heavy atom. The van der Waals surface area contributed by atoms with Gasteiger partial charge in [0.05, 0.1) is 12.1 Å². The first-order chi connectivity index (χ1) is 9.56. The molecule has 1 saturated carbocycles. The molecule has 2 aliphatic rings. The Labute approximate surface area is 115 Å². The zero-order valence-corrected chi connectivity index (χ0v) is 10.8. The molecule has 0 radical (unpaired) electrons. The van der Waals surface area contributed by atoms with Gasteiger partial charge in [-0.15, -0.1) is 0 Å². The highest BCUT2D eigenvalue weighted by Gasteiger charge is 2.47. The fraction of sp³-hybridized carbons (Fsp3) is 0.500. The van der Waals surface area contributed by atoms with Crippen LogP contribution in [0.1, 0.15) is 23.3 Å². The molecule has 5 nitrogen and oxygen atoms in total. The second kappa shape index (κ2) is 4.85. The van der Waals surface area contributed by atoms with Crippen molar-refractivity contribution in [1.82, 2.24) is 9.88 Å². The van der Waals surface area contributed by atoms with Crippen molar-refractivity contribution in [2.45, 2.75) is 12.8 Å². The Morgan fingerprint density at radius 2 is 2.05 bits per heavy atom. The Balaban J connectivity index is 1.76. The molecule has 0 aromatic carbocycles. The van der Waals surface area contributed by atoms with Gasteiger partial charge < -0.3 is 10.0 Å². The van der Waals surface area contributed by atoms with E-state index < -0.39 is 17.7 Å². The number of hydrogen-bond acceptors (Lipinski definition) is 3. The number of carbonyl (C=O) groups excluding carboxylic acids is 1. The van der Waals surface area contributed by atoms with Gasteiger partial charge in [0, 0.05) is 13.1 Å². The number of aromatic nitrogens is 1. The average molecular weight is 278 g/mol. The van der Waals surface area contributed by atoms with Crippen molar-refractivity contribution in [1.29, 1.82) is 0 Å². The van der Waals surface area contributed by atoms with E-state index >= 15 is 0 Å². The quantitative estimate of drug-likeness (QED) is 0.907. The minimum Gasteiger partial charge on any atom is -0.481 e. The van der Waals surface area contributed by atoms with Crippen LogP contribution in [0.2, 0.25) is 0 Å². The molecule has 20 heavy (non-hydrogen) atoms. The predicted molar refractivity (Wildman–Crippen MR) is 67.4 cm³/mol. The summed E-state index contributed by atoms with van der Waals surface area (Å²) in [4.78, 5) is 28.8. The molecule has 0 bridgehead atoms. The summed E-state index contributed by atoms with van der Waals surface area (Å²) in [5, 5.41) is 9.26. The summed E-state index contributed by atoms with van der Waals surface area (Å²) in [6.07, 6.45) is 3.09. The Morgan fingerprint density at radius 3 is 2.60 bits per heavy atom. The second-order valence-electron chi connectivity index (χ2n) is 5.52. The highest BCUT2D eigenvalue weighted by molar-refractivity contribution is 5.93. The number of pyridine rings is 1. The Hall–Kier alpha value is -1.98. The van der Waals surface area contributed by atoms with E-state index in [1.165, 1.54) is 17.0 Å². The smallest absolute Gasteiger partial charge is 0.308 e. The number of amides is 1. The van der Waals surface area contributed by atoms with Gasteiger partial charge in [-0.1, -0.05) is 0 Å². The lowest BCUT2D eigenvalue weighted by Crippen LogP contribution is -2.30. The monoisotopic (exact) mass is 278 g/mol. The lowest BCUT2D eigenvalue weighted by molar-refractivity contribution is -0.142. The zero-order chi connectivity index (χ0) is 14.3. The largest absolute Gasteiger partial charge is 0.481 e. The molecule has 1 aliphatic heterocycles. The Kier molecular flexibility index (Phi) is 3.16. The molecular weight excluding hydrogens is 263 g/mol. The highest BCUT2D eigenvalue weighted by atomic mass is 19.1. The fourth-order valence-electron chi connectivity index (χ4n) is 2.92. The van der Waals surface area contributed by atoms with Crippen molar-refractivity contribution in [3.05, 3.63) is 29.8 Å². The number of carbonyl (C=O) groups is 2.